The summed E-state index contributed by atoms with van der Waals surface area (Å²) in [5.41, 5.74) is 2.90. The SMILES string of the molecule is COCCCCC(Nc1ccccc1C(=O)NCCC(=O)O)c1oc2ccc(OC)cc2c1C. The number of carboxylic acid groups (broad SMARTS) is 1. The number of fused-ring (bicyclic) bond motifs is 1. The summed E-state index contributed by atoms with van der Waals surface area (Å²) in [6, 6.07) is 12.8. The van der Waals surface area contributed by atoms with Gasteiger partial charge in [-0.3, -0.25) is 9.59 Å². The van der Waals surface area contributed by atoms with Crippen molar-refractivity contribution < 1.29 is 28.6 Å². The van der Waals surface area contributed by atoms with Gasteiger partial charge in [0.2, 0.25) is 0 Å². The van der Waals surface area contributed by atoms with Gasteiger partial charge in [-0.05, 0) is 56.5 Å². The lowest BCUT2D eigenvalue weighted by Gasteiger charge is -2.21. The number of unbranched alkanes of at least 4 members (excludes halogenated alkanes) is 1. The molecule has 0 saturated heterocycles. The Bertz CT molecular complexity index is 1120. The molecular weight excluding hydrogens is 436 g/mol. The van der Waals surface area contributed by atoms with Crippen LogP contribution in [0.3, 0.4) is 0 Å². The van der Waals surface area contributed by atoms with Crippen molar-refractivity contribution in [2.45, 2.75) is 38.6 Å². The Morgan fingerprint density at radius 1 is 1.12 bits per heavy atom. The molecule has 1 amide bonds. The lowest BCUT2D eigenvalue weighted by molar-refractivity contribution is -0.136. The molecule has 8 nitrogen and oxygen atoms in total. The largest absolute Gasteiger partial charge is 0.497 e. The number of nitrogens with one attached hydrogen (secondary N) is 2. The number of carboxylic acids is 1. The van der Waals surface area contributed by atoms with Gasteiger partial charge in [-0.2, -0.15) is 0 Å². The van der Waals surface area contributed by atoms with Crippen LogP contribution in [0.4, 0.5) is 5.69 Å². The summed E-state index contributed by atoms with van der Waals surface area (Å²) in [5, 5.41) is 16.0. The summed E-state index contributed by atoms with van der Waals surface area (Å²) in [6.45, 7) is 2.76. The van der Waals surface area contributed by atoms with Gasteiger partial charge in [-0.15, -0.1) is 0 Å². The van der Waals surface area contributed by atoms with E-state index in [1.54, 1.807) is 26.4 Å². The summed E-state index contributed by atoms with van der Waals surface area (Å²) in [4.78, 5) is 23.5. The minimum Gasteiger partial charge on any atom is -0.497 e. The van der Waals surface area contributed by atoms with Crippen LogP contribution in [0.25, 0.3) is 11.0 Å². The number of hydrogen-bond donors (Lipinski definition) is 3. The maximum atomic E-state index is 12.7. The molecule has 0 fully saturated rings. The van der Waals surface area contributed by atoms with E-state index in [4.69, 9.17) is 19.0 Å². The fourth-order valence-corrected chi connectivity index (χ4v) is 3.91. The molecule has 0 radical (unpaired) electrons. The Morgan fingerprint density at radius 3 is 2.65 bits per heavy atom. The van der Waals surface area contributed by atoms with Crippen molar-refractivity contribution in [3.63, 3.8) is 0 Å². The molecule has 8 heteroatoms. The number of anilines is 1. The number of hydrogen-bond acceptors (Lipinski definition) is 6. The highest BCUT2D eigenvalue weighted by atomic mass is 16.5. The molecular formula is C26H32N2O6. The Labute approximate surface area is 199 Å². The van der Waals surface area contributed by atoms with Gasteiger partial charge >= 0.3 is 5.97 Å². The Balaban J connectivity index is 1.89. The second-order valence-corrected chi connectivity index (χ2v) is 8.08. The average molecular weight is 469 g/mol. The van der Waals surface area contributed by atoms with Gasteiger partial charge in [-0.25, -0.2) is 0 Å². The van der Waals surface area contributed by atoms with E-state index in [0.717, 1.165) is 47.3 Å². The zero-order chi connectivity index (χ0) is 24.5. The zero-order valence-electron chi connectivity index (χ0n) is 19.8. The number of benzene rings is 2. The van der Waals surface area contributed by atoms with Crippen LogP contribution < -0.4 is 15.4 Å². The molecule has 34 heavy (non-hydrogen) atoms. The quantitative estimate of drug-likeness (QED) is 0.305. The molecule has 1 unspecified atom stereocenters. The number of ether oxygens (including phenoxy) is 2. The van der Waals surface area contributed by atoms with Crippen LogP contribution in [-0.2, 0) is 9.53 Å². The second-order valence-electron chi connectivity index (χ2n) is 8.08. The number of furan rings is 1. The van der Waals surface area contributed by atoms with Gasteiger partial charge < -0.3 is 29.6 Å². The van der Waals surface area contributed by atoms with E-state index in [1.807, 2.05) is 37.3 Å². The molecule has 1 aromatic heterocycles. The number of carbonyl (C=O) groups is 2. The number of methoxy groups -OCH3 is 2. The molecule has 3 aromatic rings. The molecule has 0 aliphatic rings. The predicted octanol–water partition coefficient (Wildman–Crippen LogP) is 4.92. The topological polar surface area (TPSA) is 110 Å². The molecule has 3 N–H and O–H groups in total. The fourth-order valence-electron chi connectivity index (χ4n) is 3.91. The fraction of sp³-hybridized carbons (Fsp3) is 0.385. The van der Waals surface area contributed by atoms with Crippen molar-refractivity contribution in [1.29, 1.82) is 0 Å². The first-order valence-electron chi connectivity index (χ1n) is 11.4. The van der Waals surface area contributed by atoms with E-state index in [9.17, 15) is 9.59 Å². The third-order valence-corrected chi connectivity index (χ3v) is 5.71. The first-order chi connectivity index (χ1) is 16.4. The molecule has 0 aliphatic heterocycles. The van der Waals surface area contributed by atoms with Crippen molar-refractivity contribution in [2.24, 2.45) is 0 Å². The normalized spacial score (nSPS) is 11.9. The van der Waals surface area contributed by atoms with Crippen LogP contribution in [0.15, 0.2) is 46.9 Å². The molecule has 2 aromatic carbocycles. The predicted molar refractivity (Wildman–Crippen MR) is 131 cm³/mol. The Morgan fingerprint density at radius 2 is 1.91 bits per heavy atom. The van der Waals surface area contributed by atoms with Crippen molar-refractivity contribution >= 4 is 28.5 Å². The van der Waals surface area contributed by atoms with Gasteiger partial charge in [0.15, 0.2) is 0 Å². The van der Waals surface area contributed by atoms with Crippen LogP contribution in [0.1, 0.15) is 53.4 Å². The van der Waals surface area contributed by atoms with Crippen LogP contribution in [0.2, 0.25) is 0 Å². The highest BCUT2D eigenvalue weighted by Gasteiger charge is 2.23. The molecule has 1 heterocycles. The van der Waals surface area contributed by atoms with Gasteiger partial charge in [0.1, 0.15) is 17.1 Å². The summed E-state index contributed by atoms with van der Waals surface area (Å²) >= 11 is 0. The van der Waals surface area contributed by atoms with Crippen molar-refractivity contribution in [2.75, 3.05) is 32.7 Å². The van der Waals surface area contributed by atoms with E-state index < -0.39 is 5.97 Å². The molecule has 3 rings (SSSR count). The average Bonchev–Trinajstić information content (AvgIpc) is 3.16. The van der Waals surface area contributed by atoms with Gasteiger partial charge in [0.25, 0.3) is 5.91 Å². The van der Waals surface area contributed by atoms with E-state index >= 15 is 0 Å². The molecule has 0 spiro atoms. The number of aryl methyl sites for hydroxylation is 1. The summed E-state index contributed by atoms with van der Waals surface area (Å²) < 4.78 is 16.8. The smallest absolute Gasteiger partial charge is 0.305 e. The summed E-state index contributed by atoms with van der Waals surface area (Å²) in [7, 11) is 3.32. The third kappa shape index (κ3) is 6.29. The lowest BCUT2D eigenvalue weighted by atomic mass is 10.0. The first-order valence-corrected chi connectivity index (χ1v) is 11.4. The molecule has 182 valence electrons. The minimum absolute atomic E-state index is 0.0630. The summed E-state index contributed by atoms with van der Waals surface area (Å²) in [5.74, 6) is 0.283. The Kier molecular flexibility index (Phi) is 8.93. The first kappa shape index (κ1) is 25.1. The van der Waals surface area contributed by atoms with Gasteiger partial charge in [0.05, 0.1) is 25.1 Å². The minimum atomic E-state index is -0.958. The number of amides is 1. The second kappa shape index (κ2) is 12.1. The zero-order valence-corrected chi connectivity index (χ0v) is 19.8. The van der Waals surface area contributed by atoms with Crippen molar-refractivity contribution in [3.8, 4) is 5.75 Å². The standard InChI is InChI=1S/C26H32N2O6/c1-17-20-16-18(33-3)11-12-23(20)34-25(17)22(10-6-7-15-32-2)28-21-9-5-4-8-19(21)26(31)27-14-13-24(29)30/h4-5,8-9,11-12,16,22,28H,6-7,10,13-15H2,1-3H3,(H,27,31)(H,29,30). The highest BCUT2D eigenvalue weighted by Crippen LogP contribution is 2.36. The maximum Gasteiger partial charge on any atom is 0.305 e. The van der Waals surface area contributed by atoms with Gasteiger partial charge in [0, 0.05) is 36.9 Å². The number of para-hydroxylation sites is 1. The van der Waals surface area contributed by atoms with E-state index in [0.29, 0.717) is 17.9 Å². The number of aliphatic carboxylic acids is 1. The van der Waals surface area contributed by atoms with Crippen LogP contribution >= 0.6 is 0 Å². The monoisotopic (exact) mass is 468 g/mol. The lowest BCUT2D eigenvalue weighted by Crippen LogP contribution is -2.27. The van der Waals surface area contributed by atoms with E-state index in [1.165, 1.54) is 0 Å². The highest BCUT2D eigenvalue weighted by molar-refractivity contribution is 5.99. The molecule has 0 bridgehead atoms. The molecule has 0 aliphatic carbocycles. The van der Waals surface area contributed by atoms with Crippen LogP contribution in [0.5, 0.6) is 5.75 Å². The maximum absolute atomic E-state index is 12.7. The number of rotatable bonds is 13. The van der Waals surface area contributed by atoms with Crippen LogP contribution in [-0.4, -0.2) is 44.4 Å². The van der Waals surface area contributed by atoms with E-state index in [2.05, 4.69) is 10.6 Å². The summed E-state index contributed by atoms with van der Waals surface area (Å²) in [6.07, 6.45) is 2.44. The van der Waals surface area contributed by atoms with Crippen molar-refractivity contribution in [3.05, 3.63) is 59.4 Å². The third-order valence-electron chi connectivity index (χ3n) is 5.71. The Hall–Kier alpha value is -3.52. The molecule has 0 saturated carbocycles. The molecule has 1 atom stereocenters. The van der Waals surface area contributed by atoms with Crippen molar-refractivity contribution in [1.82, 2.24) is 5.32 Å². The number of carbonyl (C=O) groups excluding carboxylic acids is 1. The van der Waals surface area contributed by atoms with Gasteiger partial charge in [-0.1, -0.05) is 12.1 Å². The van der Waals surface area contributed by atoms with Crippen LogP contribution in [0, 0.1) is 6.92 Å². The van der Waals surface area contributed by atoms with E-state index in [-0.39, 0.29) is 24.9 Å².